The van der Waals surface area contributed by atoms with E-state index < -0.39 is 168 Å². The molecule has 0 saturated carbocycles. The molecule has 2 saturated heterocycles. The van der Waals surface area contributed by atoms with E-state index in [1.54, 1.807) is 59.8 Å². The highest BCUT2D eigenvalue weighted by molar-refractivity contribution is 6.00. The summed E-state index contributed by atoms with van der Waals surface area (Å²) in [6.07, 6.45) is 0.389. The van der Waals surface area contributed by atoms with Crippen LogP contribution in [-0.2, 0) is 57.5 Å². The van der Waals surface area contributed by atoms with Crippen LogP contribution in [0, 0.1) is 41.4 Å². The third-order valence-corrected chi connectivity index (χ3v) is 19.2. The predicted molar refractivity (Wildman–Crippen MR) is 382 cm³/mol. The van der Waals surface area contributed by atoms with Crippen LogP contribution in [-0.4, -0.2) is 238 Å². The standard InChI is InChI=1S/C75H119N11O13/c1-25-26-30-48(14)64(88)63-74(98)86-62(51(17)99-75(86)54-35-33-53(34-36-54)52-31-28-27-29-32-52)72(96)79(18)41-59(87)80(19)55(37-42(2)3)67(91)78-60(46(10)11)71(95)81(20)56(38-43(4)5)66(90)76-49(15)65(89)77-50(16)68(92)82(21)57(39-44(6)7)69(93)83(22)58(40-45(8)9)70(94)84(23)61(47(12)13)73(97)85(63)24/h25-29,31-36,42-51,55-58,60-64,75,88H,30,37-41H2,1-24H3,(H,76,90)(H,77,89)(H,78,91)/b26-25+/t48-,49+,50-,51+,55+,56?,57+,58+,60+,61+,62-,63+,64-,75?/m1/s1. The van der Waals surface area contributed by atoms with E-state index in [1.807, 2.05) is 111 Å². The van der Waals surface area contributed by atoms with Crippen LogP contribution in [0.5, 0.6) is 0 Å². The maximum absolute atomic E-state index is 16.4. The summed E-state index contributed by atoms with van der Waals surface area (Å²) in [5.74, 6) is -10.3. The summed E-state index contributed by atoms with van der Waals surface area (Å²) in [6, 6.07) is 3.83. The number of carbonyl (C=O) groups excluding carboxylic acids is 11. The van der Waals surface area contributed by atoms with Gasteiger partial charge >= 0.3 is 0 Å². The average molecular weight is 1380 g/mol. The number of carbonyl (C=O) groups is 11. The van der Waals surface area contributed by atoms with Crippen LogP contribution in [0.25, 0.3) is 11.1 Å². The predicted octanol–water partition coefficient (Wildman–Crippen LogP) is 6.36. The molecule has 0 spiro atoms. The molecule has 2 aromatic carbocycles. The van der Waals surface area contributed by atoms with Crippen LogP contribution < -0.4 is 16.0 Å². The van der Waals surface area contributed by atoms with E-state index in [-0.39, 0.29) is 55.8 Å². The van der Waals surface area contributed by atoms with E-state index in [4.69, 9.17) is 4.74 Å². The second kappa shape index (κ2) is 37.1. The molecule has 0 aliphatic carbocycles. The van der Waals surface area contributed by atoms with Gasteiger partial charge in [-0.3, -0.25) is 57.6 Å². The number of allylic oxidation sites excluding steroid dienone is 2. The van der Waals surface area contributed by atoms with Crippen molar-refractivity contribution in [2.24, 2.45) is 41.4 Å². The number of nitrogens with zero attached hydrogens (tertiary/aromatic N) is 8. The van der Waals surface area contributed by atoms with Gasteiger partial charge in [-0.05, 0) is 112 Å². The Labute approximate surface area is 589 Å². The Morgan fingerprint density at radius 2 is 0.919 bits per heavy atom. The van der Waals surface area contributed by atoms with Gasteiger partial charge < -0.3 is 60.1 Å². The molecule has 99 heavy (non-hydrogen) atoms. The van der Waals surface area contributed by atoms with Crippen molar-refractivity contribution in [2.45, 2.75) is 229 Å². The van der Waals surface area contributed by atoms with Gasteiger partial charge in [-0.25, -0.2) is 0 Å². The molecule has 552 valence electrons. The third-order valence-electron chi connectivity index (χ3n) is 19.2. The number of likely N-dealkylation sites (N-methyl/N-ethyl adjacent to an activating group) is 7. The van der Waals surface area contributed by atoms with Gasteiger partial charge in [0.1, 0.15) is 60.4 Å². The van der Waals surface area contributed by atoms with E-state index in [1.165, 1.54) is 92.6 Å². The molecule has 2 fully saturated rings. The van der Waals surface area contributed by atoms with Gasteiger partial charge in [0.05, 0.1) is 18.8 Å². The van der Waals surface area contributed by atoms with Crippen molar-refractivity contribution in [3.05, 3.63) is 72.3 Å². The monoisotopic (exact) mass is 1380 g/mol. The first-order valence-electron chi connectivity index (χ1n) is 35.3. The van der Waals surface area contributed by atoms with E-state index in [2.05, 4.69) is 16.0 Å². The average Bonchev–Trinajstić information content (AvgIpc) is 1.65. The number of aliphatic hydroxyl groups excluding tert-OH is 1. The fourth-order valence-corrected chi connectivity index (χ4v) is 13.2. The molecule has 0 aromatic heterocycles. The van der Waals surface area contributed by atoms with Crippen LogP contribution in [0.1, 0.15) is 162 Å². The highest BCUT2D eigenvalue weighted by Crippen LogP contribution is 2.39. The van der Waals surface area contributed by atoms with Gasteiger partial charge in [0.15, 0.2) is 6.23 Å². The largest absolute Gasteiger partial charge is 0.390 e. The minimum atomic E-state index is -1.75. The van der Waals surface area contributed by atoms with Crippen molar-refractivity contribution in [3.8, 4) is 11.1 Å². The molecule has 24 nitrogen and oxygen atoms in total. The Hall–Kier alpha value is -7.73. The fourth-order valence-electron chi connectivity index (χ4n) is 13.2. The van der Waals surface area contributed by atoms with Crippen molar-refractivity contribution in [1.82, 2.24) is 55.1 Å². The Kier molecular flexibility index (Phi) is 31.4. The van der Waals surface area contributed by atoms with E-state index >= 15 is 24.0 Å². The summed E-state index contributed by atoms with van der Waals surface area (Å²) in [5, 5.41) is 21.1. The van der Waals surface area contributed by atoms with Gasteiger partial charge in [0.2, 0.25) is 59.1 Å². The molecule has 4 N–H and O–H groups in total. The van der Waals surface area contributed by atoms with E-state index in [9.17, 15) is 33.9 Å². The first-order chi connectivity index (χ1) is 46.1. The number of hydrogen-bond acceptors (Lipinski definition) is 13. The maximum atomic E-state index is 16.4. The van der Waals surface area contributed by atoms with Crippen molar-refractivity contribution in [3.63, 3.8) is 0 Å². The molecule has 2 unspecified atom stereocenters. The first-order valence-corrected chi connectivity index (χ1v) is 35.3. The number of hydrogen-bond donors (Lipinski definition) is 4. The molecular formula is C75H119N11O13. The second-order valence-corrected chi connectivity index (χ2v) is 30.0. The lowest BCUT2D eigenvalue weighted by Crippen LogP contribution is -2.64. The number of rotatable bonds is 16. The third kappa shape index (κ3) is 21.2. The molecule has 11 amide bonds. The quantitative estimate of drug-likeness (QED) is 0.133. The zero-order valence-electron chi connectivity index (χ0n) is 63.6. The van der Waals surface area contributed by atoms with Crippen LogP contribution >= 0.6 is 0 Å². The van der Waals surface area contributed by atoms with E-state index in [0.717, 1.165) is 20.9 Å². The number of fused-ring (bicyclic) bond motifs is 1. The Morgan fingerprint density at radius 1 is 0.475 bits per heavy atom. The molecule has 2 heterocycles. The summed E-state index contributed by atoms with van der Waals surface area (Å²) in [5.41, 5.74) is 2.19. The van der Waals surface area contributed by atoms with Gasteiger partial charge in [0.25, 0.3) is 5.91 Å². The van der Waals surface area contributed by atoms with Crippen LogP contribution in [0.15, 0.2) is 66.7 Å². The summed E-state index contributed by atoms with van der Waals surface area (Å²) in [7, 11) is 9.98. The Morgan fingerprint density at radius 3 is 1.41 bits per heavy atom. The van der Waals surface area contributed by atoms with Gasteiger partial charge in [-0.1, -0.05) is 157 Å². The maximum Gasteiger partial charge on any atom is 0.251 e. The van der Waals surface area contributed by atoms with Gasteiger partial charge in [-0.2, -0.15) is 0 Å². The second-order valence-electron chi connectivity index (χ2n) is 30.0. The SMILES string of the molecule is C/C=C/C[C@@H](C)[C@@H](O)[C@H]1C(=O)N2C(c3ccc(-c4ccccc4)cc3)O[C@@H](C)[C@@H]2C(=O)N(C)CC(=O)N(C)[C@@H](CC(C)C)C(=O)N[C@@H](C(C)C)C(=O)N(C)C(CC(C)C)C(=O)N[C@@H](C)C(=O)N[C@H](C)C(=O)N(C)[C@@H](CC(C)C)C(=O)N(C)[C@@H](CC(C)C)C(=O)N(C)[C@@H](C(C)C)C(=O)N1C. The number of ether oxygens (including phenoxy) is 1. The van der Waals surface area contributed by atoms with Crippen LogP contribution in [0.2, 0.25) is 0 Å². The molecule has 2 aromatic rings. The first kappa shape index (κ1) is 83.7. The van der Waals surface area contributed by atoms with Crippen molar-refractivity contribution in [2.75, 3.05) is 55.9 Å². The Bertz CT molecular complexity index is 3140. The van der Waals surface area contributed by atoms with Crippen molar-refractivity contribution < 1.29 is 62.6 Å². The van der Waals surface area contributed by atoms with Crippen LogP contribution in [0.3, 0.4) is 0 Å². The minimum Gasteiger partial charge on any atom is -0.390 e. The summed E-state index contributed by atoms with van der Waals surface area (Å²) >= 11 is 0. The van der Waals surface area contributed by atoms with Crippen molar-refractivity contribution >= 4 is 65.0 Å². The lowest BCUT2D eigenvalue weighted by Gasteiger charge is -2.43. The fraction of sp³-hybridized carbons (Fsp3) is 0.667. The van der Waals surface area contributed by atoms with Gasteiger partial charge in [-0.15, -0.1) is 0 Å². The zero-order valence-corrected chi connectivity index (χ0v) is 63.6. The Balaban J connectivity index is 2.05. The highest BCUT2D eigenvalue weighted by Gasteiger charge is 2.54. The smallest absolute Gasteiger partial charge is 0.251 e. The normalized spacial score (nSPS) is 26.9. The topological polar surface area (TPSA) is 279 Å². The number of benzene rings is 2. The molecule has 24 heteroatoms. The molecule has 0 bridgehead atoms. The molecule has 0 radical (unpaired) electrons. The molecule has 2 aliphatic rings. The van der Waals surface area contributed by atoms with Crippen LogP contribution in [0.4, 0.5) is 0 Å². The minimum absolute atomic E-state index is 0.116. The number of aliphatic hydroxyl groups is 1. The lowest BCUT2D eigenvalue weighted by atomic mass is 9.90. The summed E-state index contributed by atoms with van der Waals surface area (Å²) < 4.78 is 6.70. The van der Waals surface area contributed by atoms with Crippen molar-refractivity contribution in [1.29, 1.82) is 0 Å². The molecule has 4 rings (SSSR count). The number of nitrogens with one attached hydrogen (secondary N) is 3. The van der Waals surface area contributed by atoms with E-state index in [0.29, 0.717) is 5.56 Å². The number of amides is 11. The summed E-state index contributed by atoms with van der Waals surface area (Å²) in [4.78, 5) is 176. The molecular weight excluding hydrogens is 1260 g/mol. The summed E-state index contributed by atoms with van der Waals surface area (Å²) in [6.45, 7) is 29.3. The molecule has 2 aliphatic heterocycles. The van der Waals surface area contributed by atoms with Gasteiger partial charge in [0, 0.05) is 54.9 Å². The zero-order chi connectivity index (χ0) is 75.1. The molecule has 14 atom stereocenters. The highest BCUT2D eigenvalue weighted by atomic mass is 16.5. The lowest BCUT2D eigenvalue weighted by molar-refractivity contribution is -0.162.